The highest BCUT2D eigenvalue weighted by Crippen LogP contribution is 2.41. The minimum Gasteiger partial charge on any atom is -0.368 e. The van der Waals surface area contributed by atoms with Crippen LogP contribution in [0.15, 0.2) is 273 Å². The van der Waals surface area contributed by atoms with Crippen LogP contribution in [0.5, 0.6) is 0 Å². The van der Waals surface area contributed by atoms with E-state index in [1.807, 2.05) is 301 Å². The molecule has 104 heavy (non-hydrogen) atoms. The van der Waals surface area contributed by atoms with E-state index in [1.54, 1.807) is 0 Å². The molecule has 0 spiro atoms. The minimum atomic E-state index is -1.37. The van der Waals surface area contributed by atoms with Gasteiger partial charge in [0.2, 0.25) is 0 Å². The van der Waals surface area contributed by atoms with Crippen LogP contribution < -0.4 is 0 Å². The molecule has 0 amide bonds. The first-order valence-electron chi connectivity index (χ1n) is 36.3. The zero-order chi connectivity index (χ0) is 71.2. The molecular formula is C87H96O17. The maximum Gasteiger partial charge on any atom is 0.187 e. The molecule has 0 aliphatic carbocycles. The smallest absolute Gasteiger partial charge is 0.187 e. The van der Waals surface area contributed by atoms with Gasteiger partial charge in [-0.25, -0.2) is 0 Å². The Bertz CT molecular complexity index is 3860. The summed E-state index contributed by atoms with van der Waals surface area (Å²) in [5, 5.41) is 11.9. The quantitative estimate of drug-likeness (QED) is 0.0412. The van der Waals surface area contributed by atoms with Crippen LogP contribution in [0.25, 0.3) is 0 Å². The first-order valence-corrected chi connectivity index (χ1v) is 36.3. The third-order valence-corrected chi connectivity index (χ3v) is 19.4. The Hall–Kier alpha value is -7.70. The molecule has 4 aliphatic rings. The van der Waals surface area contributed by atoms with Gasteiger partial charge in [-0.1, -0.05) is 273 Å². The van der Waals surface area contributed by atoms with E-state index >= 15 is 0 Å². The van der Waals surface area contributed by atoms with Crippen molar-refractivity contribution in [2.24, 2.45) is 0 Å². The zero-order valence-corrected chi connectivity index (χ0v) is 59.4. The lowest BCUT2D eigenvalue weighted by Crippen LogP contribution is -2.67. The molecule has 13 rings (SSSR count). The molecule has 4 saturated heterocycles. The number of ether oxygens (including phenoxy) is 16. The van der Waals surface area contributed by atoms with Crippen molar-refractivity contribution in [2.45, 2.75) is 210 Å². The second-order valence-corrected chi connectivity index (χ2v) is 27.0. The molecule has 546 valence electrons. The van der Waals surface area contributed by atoms with E-state index in [9.17, 15) is 5.11 Å². The number of aliphatic hydroxyl groups excluding tert-OH is 1. The number of benzene rings is 9. The van der Waals surface area contributed by atoms with Gasteiger partial charge in [0.05, 0.1) is 83.9 Å². The normalized spacial score (nSPS) is 29.3. The summed E-state index contributed by atoms with van der Waals surface area (Å²) in [6, 6.07) is 89.6. The Kier molecular flexibility index (Phi) is 27.3. The predicted molar refractivity (Wildman–Crippen MR) is 389 cm³/mol. The Morgan fingerprint density at radius 3 is 0.596 bits per heavy atom. The van der Waals surface area contributed by atoms with E-state index < -0.39 is 123 Å². The molecule has 17 nitrogen and oxygen atoms in total. The Balaban J connectivity index is 0.858. The summed E-state index contributed by atoms with van der Waals surface area (Å²) in [6.45, 7) is 9.44. The van der Waals surface area contributed by atoms with E-state index in [0.717, 1.165) is 50.1 Å². The van der Waals surface area contributed by atoms with Gasteiger partial charge in [-0.2, -0.15) is 0 Å². The monoisotopic (exact) mass is 1410 g/mol. The summed E-state index contributed by atoms with van der Waals surface area (Å²) in [6.07, 6.45) is -18.4. The maximum absolute atomic E-state index is 11.9. The first kappa shape index (κ1) is 74.6. The highest BCUT2D eigenvalue weighted by molar-refractivity contribution is 5.21. The van der Waals surface area contributed by atoms with Crippen LogP contribution in [-0.4, -0.2) is 128 Å². The fraction of sp³-hybridized carbons (Fsp3) is 0.379. The van der Waals surface area contributed by atoms with Gasteiger partial charge in [0, 0.05) is 0 Å². The van der Waals surface area contributed by atoms with Gasteiger partial charge in [0.1, 0.15) is 73.2 Å². The third-order valence-electron chi connectivity index (χ3n) is 19.4. The standard InChI is InChI=1S/C87H96O17/c1-59-72(89-50-63-32-14-5-15-33-63)76(90-51-64-34-16-6-17-35-64)81(95-56-69-44-26-11-27-45-69)85(99-59)103-74-61(3)101-87(83(97-58-71-48-30-13-31-49-71)78(74)92-53-66-38-20-8-21-39-66)104-75-62(4)100-86(82(96-57-70-46-28-12-29-47-70)79(75)93-54-67-40-22-9-23-41-67)102-73-60(2)98-84(88)80(94-55-68-42-24-10-25-43-68)77(73)91-52-65-36-18-7-19-37-65/h5-49,59-62,72-88H,50-58H2,1-4H3/t59-,60-,61-,62-,72+,73-,74+,75-,76+,77+,78+,79+,80-,81-,82-,83-,84-,85-,86-,87-/m1/s1. The van der Waals surface area contributed by atoms with Crippen molar-refractivity contribution < 1.29 is 80.9 Å². The summed E-state index contributed by atoms with van der Waals surface area (Å²) >= 11 is 0. The Morgan fingerprint density at radius 2 is 0.365 bits per heavy atom. The maximum atomic E-state index is 11.9. The number of aliphatic hydroxyl groups is 1. The van der Waals surface area contributed by atoms with Crippen LogP contribution >= 0.6 is 0 Å². The van der Waals surface area contributed by atoms with Crippen LogP contribution in [0.2, 0.25) is 0 Å². The van der Waals surface area contributed by atoms with Crippen LogP contribution in [0.3, 0.4) is 0 Å². The van der Waals surface area contributed by atoms with Gasteiger partial charge in [-0.15, -0.1) is 0 Å². The van der Waals surface area contributed by atoms with Crippen molar-refractivity contribution in [3.63, 3.8) is 0 Å². The number of rotatable bonds is 33. The average Bonchev–Trinajstić information content (AvgIpc) is 0.766. The molecule has 17 heteroatoms. The predicted octanol–water partition coefficient (Wildman–Crippen LogP) is 14.4. The highest BCUT2D eigenvalue weighted by atomic mass is 16.8. The van der Waals surface area contributed by atoms with E-state index in [-0.39, 0.29) is 52.9 Å². The topological polar surface area (TPSA) is 168 Å². The van der Waals surface area contributed by atoms with Crippen LogP contribution in [0, 0.1) is 0 Å². The zero-order valence-electron chi connectivity index (χ0n) is 59.4. The molecule has 0 saturated carbocycles. The van der Waals surface area contributed by atoms with Crippen LogP contribution in [0.1, 0.15) is 77.8 Å². The average molecular weight is 1410 g/mol. The highest BCUT2D eigenvalue weighted by Gasteiger charge is 2.57. The summed E-state index contributed by atoms with van der Waals surface area (Å²) in [5.74, 6) is 0. The fourth-order valence-electron chi connectivity index (χ4n) is 13.9. The SMILES string of the molecule is C[C@H]1O[C@H](O[C@@H]2[C@H](OCc3ccccc3)[C@@H](OCc3ccccc3)[C@@H](O[C@H]3[C@H](OCc4ccccc4)[C@@H](OCc4ccccc4)[C@@H](O[C@H]4[C@H](OCc5ccccc5)[C@@H](OCc5ccccc5)[C@H](O)O[C@@H]4C)O[C@@H]3C)O[C@@H]2C)[C@H](OCc2ccccc2)[C@@H](OCc2ccccc2)[C@H]1OCc1ccccc1. The Morgan fingerprint density at radius 1 is 0.202 bits per heavy atom. The van der Waals surface area contributed by atoms with Gasteiger partial charge >= 0.3 is 0 Å². The summed E-state index contributed by atoms with van der Waals surface area (Å²) in [5.41, 5.74) is 8.40. The summed E-state index contributed by atoms with van der Waals surface area (Å²) in [4.78, 5) is 0. The van der Waals surface area contributed by atoms with Gasteiger partial charge in [-0.3, -0.25) is 0 Å². The minimum absolute atomic E-state index is 0.136. The molecule has 0 aromatic heterocycles. The van der Waals surface area contributed by atoms with E-state index in [2.05, 4.69) is 0 Å². The van der Waals surface area contributed by atoms with Gasteiger partial charge in [-0.05, 0) is 77.8 Å². The van der Waals surface area contributed by atoms with Crippen molar-refractivity contribution in [1.82, 2.24) is 0 Å². The molecule has 1 N–H and O–H groups in total. The summed E-state index contributed by atoms with van der Waals surface area (Å²) in [7, 11) is 0. The fourth-order valence-corrected chi connectivity index (χ4v) is 13.9. The molecule has 4 fully saturated rings. The van der Waals surface area contributed by atoms with E-state index in [4.69, 9.17) is 75.8 Å². The second-order valence-electron chi connectivity index (χ2n) is 27.0. The largest absolute Gasteiger partial charge is 0.368 e. The lowest BCUT2D eigenvalue weighted by Gasteiger charge is -2.52. The van der Waals surface area contributed by atoms with E-state index in [1.165, 1.54) is 0 Å². The molecule has 0 unspecified atom stereocenters. The second kappa shape index (κ2) is 38.0. The van der Waals surface area contributed by atoms with Gasteiger partial charge < -0.3 is 80.9 Å². The Labute approximate surface area is 611 Å². The molecule has 20 atom stereocenters. The van der Waals surface area contributed by atoms with Crippen LogP contribution in [0.4, 0.5) is 0 Å². The van der Waals surface area contributed by atoms with Crippen molar-refractivity contribution in [1.29, 1.82) is 0 Å². The molecular weight excluding hydrogens is 1320 g/mol. The van der Waals surface area contributed by atoms with E-state index in [0.29, 0.717) is 6.61 Å². The molecule has 9 aromatic rings. The molecule has 9 aromatic carbocycles. The molecule has 4 heterocycles. The first-order chi connectivity index (χ1) is 51.1. The van der Waals surface area contributed by atoms with Gasteiger partial charge in [0.15, 0.2) is 25.2 Å². The van der Waals surface area contributed by atoms with Crippen molar-refractivity contribution >= 4 is 0 Å². The summed E-state index contributed by atoms with van der Waals surface area (Å²) < 4.78 is 114. The molecule has 0 radical (unpaired) electrons. The lowest BCUT2D eigenvalue weighted by atomic mass is 9.95. The lowest BCUT2D eigenvalue weighted by molar-refractivity contribution is -0.395. The van der Waals surface area contributed by atoms with Crippen molar-refractivity contribution in [2.75, 3.05) is 0 Å². The number of hydrogen-bond acceptors (Lipinski definition) is 17. The van der Waals surface area contributed by atoms with Crippen LogP contribution in [-0.2, 0) is 135 Å². The molecule has 0 bridgehead atoms. The van der Waals surface area contributed by atoms with Crippen molar-refractivity contribution in [3.05, 3.63) is 323 Å². The molecule has 4 aliphatic heterocycles. The van der Waals surface area contributed by atoms with Crippen molar-refractivity contribution in [3.8, 4) is 0 Å². The van der Waals surface area contributed by atoms with Gasteiger partial charge in [0.25, 0.3) is 0 Å². The third kappa shape index (κ3) is 20.3. The number of hydrogen-bond donors (Lipinski definition) is 1.